The van der Waals surface area contributed by atoms with Crippen molar-refractivity contribution in [2.75, 3.05) is 20.3 Å². The van der Waals surface area contributed by atoms with Gasteiger partial charge in [-0.2, -0.15) is 4.72 Å². The largest absolute Gasteiger partial charge is 0.496 e. The van der Waals surface area contributed by atoms with Crippen molar-refractivity contribution in [1.82, 2.24) is 4.72 Å². The van der Waals surface area contributed by atoms with Crippen LogP contribution in [0.4, 0.5) is 8.78 Å². The number of halogens is 2. The van der Waals surface area contributed by atoms with Crippen molar-refractivity contribution < 1.29 is 26.7 Å². The lowest BCUT2D eigenvalue weighted by Crippen LogP contribution is -2.24. The molecule has 2 rings (SSSR count). The lowest BCUT2D eigenvalue weighted by atomic mass is 10.2. The molecule has 5 nitrogen and oxygen atoms in total. The Hall–Kier alpha value is -2.63. The second kappa shape index (κ2) is 8.65. The summed E-state index contributed by atoms with van der Waals surface area (Å²) < 4.78 is 62.9. The number of hydrogen-bond acceptors (Lipinski definition) is 4. The molecule has 0 aromatic heterocycles. The van der Waals surface area contributed by atoms with E-state index in [1.54, 1.807) is 13.0 Å². The van der Waals surface area contributed by atoms with Crippen molar-refractivity contribution in [3.8, 4) is 23.3 Å². The topological polar surface area (TPSA) is 64.6 Å². The Kier molecular flexibility index (Phi) is 6.55. The minimum Gasteiger partial charge on any atom is -0.496 e. The average Bonchev–Trinajstić information content (AvgIpc) is 2.59. The van der Waals surface area contributed by atoms with Gasteiger partial charge in [0.1, 0.15) is 18.2 Å². The van der Waals surface area contributed by atoms with Gasteiger partial charge in [0.2, 0.25) is 10.0 Å². The fraction of sp³-hybridized carbons (Fsp3) is 0.222. The van der Waals surface area contributed by atoms with Gasteiger partial charge in [-0.1, -0.05) is 11.8 Å². The molecule has 0 bridgehead atoms. The molecule has 0 saturated heterocycles. The molecule has 26 heavy (non-hydrogen) atoms. The number of ether oxygens (including phenoxy) is 2. The summed E-state index contributed by atoms with van der Waals surface area (Å²) in [4.78, 5) is 0.0993. The van der Waals surface area contributed by atoms with Gasteiger partial charge in [0.25, 0.3) is 0 Å². The minimum absolute atomic E-state index is 0.0993. The van der Waals surface area contributed by atoms with Gasteiger partial charge in [-0.3, -0.25) is 0 Å². The lowest BCUT2D eigenvalue weighted by molar-refractivity contribution is 0.346. The van der Waals surface area contributed by atoms with Crippen LogP contribution in [0.3, 0.4) is 0 Å². The molecule has 2 aromatic carbocycles. The van der Waals surface area contributed by atoms with Crippen molar-refractivity contribution in [1.29, 1.82) is 0 Å². The van der Waals surface area contributed by atoms with Crippen LogP contribution in [0, 0.1) is 30.4 Å². The molecule has 8 heteroatoms. The maximum Gasteiger partial charge on any atom is 0.241 e. The Labute approximate surface area is 151 Å². The molecule has 0 heterocycles. The molecule has 0 saturated carbocycles. The van der Waals surface area contributed by atoms with Crippen molar-refractivity contribution in [3.63, 3.8) is 0 Å². The van der Waals surface area contributed by atoms with E-state index in [1.165, 1.54) is 19.2 Å². The summed E-state index contributed by atoms with van der Waals surface area (Å²) in [6.45, 7) is 1.44. The van der Waals surface area contributed by atoms with Crippen LogP contribution in [0.15, 0.2) is 41.3 Å². The number of rotatable bonds is 6. The Morgan fingerprint density at radius 2 is 1.81 bits per heavy atom. The first-order chi connectivity index (χ1) is 12.3. The van der Waals surface area contributed by atoms with Gasteiger partial charge in [-0.15, -0.1) is 0 Å². The zero-order chi connectivity index (χ0) is 19.2. The third-order valence-corrected chi connectivity index (χ3v) is 4.74. The van der Waals surface area contributed by atoms with Crippen LogP contribution in [-0.4, -0.2) is 28.7 Å². The van der Waals surface area contributed by atoms with E-state index in [1.807, 2.05) is 0 Å². The fourth-order valence-electron chi connectivity index (χ4n) is 2.05. The zero-order valence-corrected chi connectivity index (χ0v) is 15.0. The summed E-state index contributed by atoms with van der Waals surface area (Å²) in [6, 6.07) is 7.42. The SMILES string of the molecule is COc1ccc(S(=O)(=O)NCC#CCOc2ccc(F)cc2F)cc1C. The van der Waals surface area contributed by atoms with Gasteiger partial charge in [0, 0.05) is 6.07 Å². The smallest absolute Gasteiger partial charge is 0.241 e. The van der Waals surface area contributed by atoms with Crippen molar-refractivity contribution in [3.05, 3.63) is 53.6 Å². The highest BCUT2D eigenvalue weighted by atomic mass is 32.2. The van der Waals surface area contributed by atoms with Crippen LogP contribution >= 0.6 is 0 Å². The van der Waals surface area contributed by atoms with E-state index in [2.05, 4.69) is 16.6 Å². The Balaban J connectivity index is 1.89. The Morgan fingerprint density at radius 3 is 2.46 bits per heavy atom. The van der Waals surface area contributed by atoms with Crippen LogP contribution in [-0.2, 0) is 10.0 Å². The van der Waals surface area contributed by atoms with Gasteiger partial charge in [-0.25, -0.2) is 17.2 Å². The zero-order valence-electron chi connectivity index (χ0n) is 14.2. The second-order valence-electron chi connectivity index (χ2n) is 5.17. The van der Waals surface area contributed by atoms with Crippen LogP contribution in [0.2, 0.25) is 0 Å². The fourth-order valence-corrected chi connectivity index (χ4v) is 3.06. The van der Waals surface area contributed by atoms with Crippen molar-refractivity contribution >= 4 is 10.0 Å². The molecule has 0 aliphatic rings. The molecule has 2 aromatic rings. The third-order valence-electron chi connectivity index (χ3n) is 3.35. The molecule has 0 fully saturated rings. The molecule has 0 aliphatic heterocycles. The number of hydrogen-bond donors (Lipinski definition) is 1. The Bertz CT molecular complexity index is 949. The normalized spacial score (nSPS) is 10.8. The standard InChI is InChI=1S/C18H17F2NO4S/c1-13-11-15(6-8-17(13)24-2)26(22,23)21-9-3-4-10-25-18-7-5-14(19)12-16(18)20/h5-8,11-12,21H,9-10H2,1-2H3. The van der Waals surface area contributed by atoms with E-state index in [-0.39, 0.29) is 23.8 Å². The predicted octanol–water partition coefficient (Wildman–Crippen LogP) is 2.64. The molecule has 138 valence electrons. The van der Waals surface area contributed by atoms with Crippen LogP contribution < -0.4 is 14.2 Å². The van der Waals surface area contributed by atoms with Gasteiger partial charge >= 0.3 is 0 Å². The van der Waals surface area contributed by atoms with Gasteiger partial charge in [0.15, 0.2) is 11.6 Å². The summed E-state index contributed by atoms with van der Waals surface area (Å²) in [6.07, 6.45) is 0. The van der Waals surface area contributed by atoms with E-state index < -0.39 is 21.7 Å². The average molecular weight is 381 g/mol. The van der Waals surface area contributed by atoms with E-state index in [0.717, 1.165) is 12.1 Å². The van der Waals surface area contributed by atoms with E-state index in [0.29, 0.717) is 17.4 Å². The van der Waals surface area contributed by atoms with E-state index in [4.69, 9.17) is 9.47 Å². The summed E-state index contributed by atoms with van der Waals surface area (Å²) >= 11 is 0. The van der Waals surface area contributed by atoms with Crippen LogP contribution in [0.1, 0.15) is 5.56 Å². The monoisotopic (exact) mass is 381 g/mol. The highest BCUT2D eigenvalue weighted by molar-refractivity contribution is 7.89. The van der Waals surface area contributed by atoms with Gasteiger partial charge in [0.05, 0.1) is 18.6 Å². The van der Waals surface area contributed by atoms with Crippen LogP contribution in [0.5, 0.6) is 11.5 Å². The van der Waals surface area contributed by atoms with E-state index >= 15 is 0 Å². The summed E-state index contributed by atoms with van der Waals surface area (Å²) in [5, 5.41) is 0. The number of benzene rings is 2. The van der Waals surface area contributed by atoms with Crippen LogP contribution in [0.25, 0.3) is 0 Å². The summed E-state index contributed by atoms with van der Waals surface area (Å²) in [7, 11) is -2.20. The predicted molar refractivity (Wildman–Crippen MR) is 92.5 cm³/mol. The van der Waals surface area contributed by atoms with E-state index in [9.17, 15) is 17.2 Å². The maximum absolute atomic E-state index is 13.3. The number of sulfonamides is 1. The lowest BCUT2D eigenvalue weighted by Gasteiger charge is -2.08. The molecular weight excluding hydrogens is 364 g/mol. The second-order valence-corrected chi connectivity index (χ2v) is 6.94. The Morgan fingerprint density at radius 1 is 1.08 bits per heavy atom. The first-order valence-electron chi connectivity index (χ1n) is 7.51. The maximum atomic E-state index is 13.3. The van der Waals surface area contributed by atoms with Gasteiger partial charge < -0.3 is 9.47 Å². The highest BCUT2D eigenvalue weighted by Crippen LogP contribution is 2.21. The molecule has 0 radical (unpaired) electrons. The molecule has 0 atom stereocenters. The summed E-state index contributed by atoms with van der Waals surface area (Å²) in [5.41, 5.74) is 0.691. The van der Waals surface area contributed by atoms with Crippen molar-refractivity contribution in [2.24, 2.45) is 0 Å². The first kappa shape index (κ1) is 19.7. The quantitative estimate of drug-likeness (QED) is 0.782. The molecule has 0 spiro atoms. The van der Waals surface area contributed by atoms with Gasteiger partial charge in [-0.05, 0) is 42.8 Å². The molecular formula is C18H17F2NO4S. The number of aryl methyl sites for hydroxylation is 1. The molecule has 0 amide bonds. The molecule has 0 unspecified atom stereocenters. The third kappa shape index (κ3) is 5.18. The first-order valence-corrected chi connectivity index (χ1v) is 8.99. The highest BCUT2D eigenvalue weighted by Gasteiger charge is 2.14. The molecule has 0 aliphatic carbocycles. The van der Waals surface area contributed by atoms with Crippen molar-refractivity contribution in [2.45, 2.75) is 11.8 Å². The number of nitrogens with one attached hydrogen (secondary N) is 1. The summed E-state index contributed by atoms with van der Waals surface area (Å²) in [5.74, 6) is 4.04. The number of methoxy groups -OCH3 is 1. The minimum atomic E-state index is -3.71. The molecule has 1 N–H and O–H groups in total.